The monoisotopic (exact) mass is 467 g/mol. The molecule has 0 fully saturated rings. The van der Waals surface area contributed by atoms with Gasteiger partial charge in [-0.3, -0.25) is 23.9 Å². The number of likely N-dealkylation sites (N-methyl/N-ethyl adjacent to an activating group) is 1. The highest BCUT2D eigenvalue weighted by atomic mass is 16.5. The maximum Gasteiger partial charge on any atom is 0.261 e. The molecular weight excluding hydrogens is 438 g/mol. The van der Waals surface area contributed by atoms with Crippen LogP contribution >= 0.6 is 0 Å². The predicted molar refractivity (Wildman–Crippen MR) is 129 cm³/mol. The molecule has 0 radical (unpaired) electrons. The Bertz CT molecular complexity index is 1240. The zero-order chi connectivity index (χ0) is 24.7. The van der Waals surface area contributed by atoms with Crippen molar-refractivity contribution in [2.45, 2.75) is 26.9 Å². The number of ether oxygens (including phenoxy) is 2. The molecule has 10 heteroatoms. The van der Waals surface area contributed by atoms with Gasteiger partial charge in [-0.05, 0) is 45.2 Å². The molecule has 0 saturated carbocycles. The molecule has 0 saturated heterocycles. The molecule has 0 aliphatic heterocycles. The van der Waals surface area contributed by atoms with Crippen molar-refractivity contribution in [2.24, 2.45) is 5.73 Å². The lowest BCUT2D eigenvalue weighted by molar-refractivity contribution is -0.119. The van der Waals surface area contributed by atoms with Gasteiger partial charge < -0.3 is 20.5 Å². The van der Waals surface area contributed by atoms with Gasteiger partial charge in [0.1, 0.15) is 12.4 Å². The summed E-state index contributed by atoms with van der Waals surface area (Å²) in [6.45, 7) is 4.61. The van der Waals surface area contributed by atoms with Crippen molar-refractivity contribution in [3.8, 4) is 11.5 Å². The van der Waals surface area contributed by atoms with Crippen LogP contribution in [0.25, 0.3) is 10.9 Å². The van der Waals surface area contributed by atoms with E-state index in [2.05, 4.69) is 10.3 Å². The van der Waals surface area contributed by atoms with Gasteiger partial charge in [0.25, 0.3) is 5.56 Å². The first kappa shape index (κ1) is 24.7. The minimum atomic E-state index is -0.651. The van der Waals surface area contributed by atoms with Crippen LogP contribution in [0.1, 0.15) is 19.7 Å². The van der Waals surface area contributed by atoms with E-state index in [1.165, 1.54) is 4.57 Å². The summed E-state index contributed by atoms with van der Waals surface area (Å²) in [5.41, 5.74) is 6.07. The Kier molecular flexibility index (Phi) is 8.20. The van der Waals surface area contributed by atoms with Gasteiger partial charge in [0, 0.05) is 11.8 Å². The number of nitrogens with one attached hydrogen (secondary N) is 1. The number of hydrogen-bond acceptors (Lipinski definition) is 7. The van der Waals surface area contributed by atoms with Crippen LogP contribution in [0.4, 0.5) is 5.69 Å². The molecule has 2 amide bonds. The van der Waals surface area contributed by atoms with Crippen LogP contribution in [0.15, 0.2) is 47.3 Å². The normalized spacial score (nSPS) is 10.9. The minimum Gasteiger partial charge on any atom is -0.490 e. The van der Waals surface area contributed by atoms with Gasteiger partial charge in [0.15, 0.2) is 11.5 Å². The summed E-state index contributed by atoms with van der Waals surface area (Å²) in [4.78, 5) is 43.3. The SMILES string of the molecule is CCOc1ccc(NC(=O)CN(C)Cc2nc3ccccc3c(=O)n2CC(N)=O)cc1OCC. The largest absolute Gasteiger partial charge is 0.490 e. The third kappa shape index (κ3) is 6.10. The Labute approximate surface area is 197 Å². The van der Waals surface area contributed by atoms with E-state index < -0.39 is 5.91 Å². The molecule has 0 atom stereocenters. The standard InChI is InChI=1S/C24H29N5O5/c1-4-33-19-11-10-16(12-20(19)34-5-2)26-23(31)15-28(3)14-22-27-18-9-7-6-8-17(18)24(32)29(22)13-21(25)30/h6-12H,4-5,13-15H2,1-3H3,(H2,25,30)(H,26,31). The molecule has 10 nitrogen and oxygen atoms in total. The molecule has 3 rings (SSSR count). The fourth-order valence-electron chi connectivity index (χ4n) is 3.53. The van der Waals surface area contributed by atoms with Crippen LogP contribution in [-0.2, 0) is 22.7 Å². The van der Waals surface area contributed by atoms with E-state index >= 15 is 0 Å². The number of fused-ring (bicyclic) bond motifs is 1. The number of nitrogens with zero attached hydrogens (tertiary/aromatic N) is 3. The van der Waals surface area contributed by atoms with Crippen molar-refractivity contribution in [1.29, 1.82) is 0 Å². The summed E-state index contributed by atoms with van der Waals surface area (Å²) in [5.74, 6) is 0.582. The summed E-state index contributed by atoms with van der Waals surface area (Å²) in [6, 6.07) is 12.1. The van der Waals surface area contributed by atoms with E-state index in [0.29, 0.717) is 47.1 Å². The second-order valence-corrected chi connectivity index (χ2v) is 7.65. The number of primary amides is 1. The van der Waals surface area contributed by atoms with Crippen molar-refractivity contribution in [3.63, 3.8) is 0 Å². The van der Waals surface area contributed by atoms with Gasteiger partial charge in [-0.15, -0.1) is 0 Å². The average molecular weight is 468 g/mol. The van der Waals surface area contributed by atoms with Crippen LogP contribution in [0.2, 0.25) is 0 Å². The molecule has 0 bridgehead atoms. The molecule has 3 aromatic rings. The second-order valence-electron chi connectivity index (χ2n) is 7.65. The first-order valence-corrected chi connectivity index (χ1v) is 11.0. The lowest BCUT2D eigenvalue weighted by atomic mass is 10.2. The summed E-state index contributed by atoms with van der Waals surface area (Å²) in [6.07, 6.45) is 0. The molecule has 0 aliphatic rings. The van der Waals surface area contributed by atoms with Crippen LogP contribution in [0.3, 0.4) is 0 Å². The molecule has 0 unspecified atom stereocenters. The van der Waals surface area contributed by atoms with E-state index in [-0.39, 0.29) is 31.1 Å². The fraction of sp³-hybridized carbons (Fsp3) is 0.333. The van der Waals surface area contributed by atoms with Crippen molar-refractivity contribution in [1.82, 2.24) is 14.5 Å². The molecule has 0 spiro atoms. The smallest absolute Gasteiger partial charge is 0.261 e. The molecule has 1 aromatic heterocycles. The van der Waals surface area contributed by atoms with E-state index in [9.17, 15) is 14.4 Å². The van der Waals surface area contributed by atoms with Gasteiger partial charge in [-0.25, -0.2) is 4.98 Å². The van der Waals surface area contributed by atoms with Crippen molar-refractivity contribution in [3.05, 3.63) is 58.6 Å². The predicted octanol–water partition coefficient (Wildman–Crippen LogP) is 1.75. The number of para-hydroxylation sites is 1. The molecular formula is C24H29N5O5. The highest BCUT2D eigenvalue weighted by molar-refractivity contribution is 5.92. The van der Waals surface area contributed by atoms with E-state index in [1.54, 1.807) is 54.4 Å². The number of carbonyl (C=O) groups excluding carboxylic acids is 2. The van der Waals surface area contributed by atoms with E-state index in [4.69, 9.17) is 15.2 Å². The minimum absolute atomic E-state index is 0.0243. The van der Waals surface area contributed by atoms with Crippen LogP contribution in [-0.4, -0.2) is 53.1 Å². The molecule has 3 N–H and O–H groups in total. The Hall–Kier alpha value is -3.92. The Morgan fingerprint density at radius 2 is 1.79 bits per heavy atom. The third-order valence-corrected chi connectivity index (χ3v) is 4.91. The first-order chi connectivity index (χ1) is 16.3. The maximum absolute atomic E-state index is 12.9. The number of benzene rings is 2. The van der Waals surface area contributed by atoms with Gasteiger partial charge in [-0.1, -0.05) is 12.1 Å². The van der Waals surface area contributed by atoms with Crippen molar-refractivity contribution in [2.75, 3.05) is 32.1 Å². The highest BCUT2D eigenvalue weighted by Crippen LogP contribution is 2.30. The maximum atomic E-state index is 12.9. The van der Waals surface area contributed by atoms with E-state index in [1.807, 2.05) is 13.8 Å². The third-order valence-electron chi connectivity index (χ3n) is 4.91. The Morgan fingerprint density at radius 3 is 2.50 bits per heavy atom. The van der Waals surface area contributed by atoms with Crippen LogP contribution in [0, 0.1) is 0 Å². The average Bonchev–Trinajstić information content (AvgIpc) is 2.78. The number of hydrogen-bond donors (Lipinski definition) is 2. The summed E-state index contributed by atoms with van der Waals surface area (Å²) < 4.78 is 12.4. The van der Waals surface area contributed by atoms with Crippen LogP contribution < -0.4 is 26.1 Å². The van der Waals surface area contributed by atoms with Gasteiger partial charge in [0.2, 0.25) is 11.8 Å². The Morgan fingerprint density at radius 1 is 1.09 bits per heavy atom. The number of anilines is 1. The Balaban J connectivity index is 1.75. The summed E-state index contributed by atoms with van der Waals surface area (Å²) in [7, 11) is 1.72. The second kappa shape index (κ2) is 11.3. The molecule has 1 heterocycles. The van der Waals surface area contributed by atoms with Gasteiger partial charge in [0.05, 0.1) is 37.2 Å². The topological polar surface area (TPSA) is 129 Å². The summed E-state index contributed by atoms with van der Waals surface area (Å²) in [5, 5.41) is 3.23. The molecule has 34 heavy (non-hydrogen) atoms. The van der Waals surface area contributed by atoms with Crippen LogP contribution in [0.5, 0.6) is 11.5 Å². The molecule has 0 aliphatic carbocycles. The van der Waals surface area contributed by atoms with Crippen molar-refractivity contribution < 1.29 is 19.1 Å². The first-order valence-electron chi connectivity index (χ1n) is 11.0. The number of rotatable bonds is 11. The zero-order valence-electron chi connectivity index (χ0n) is 19.5. The number of carbonyl (C=O) groups is 2. The van der Waals surface area contributed by atoms with E-state index in [0.717, 1.165) is 0 Å². The van der Waals surface area contributed by atoms with Crippen molar-refractivity contribution >= 4 is 28.4 Å². The molecule has 2 aromatic carbocycles. The van der Waals surface area contributed by atoms with Gasteiger partial charge in [-0.2, -0.15) is 0 Å². The highest BCUT2D eigenvalue weighted by Gasteiger charge is 2.16. The number of amides is 2. The zero-order valence-corrected chi connectivity index (χ0v) is 19.5. The quantitative estimate of drug-likeness (QED) is 0.440. The summed E-state index contributed by atoms with van der Waals surface area (Å²) >= 11 is 0. The molecule has 180 valence electrons. The number of nitrogens with two attached hydrogens (primary N) is 1. The number of aromatic nitrogens is 2. The fourth-order valence-corrected chi connectivity index (χ4v) is 3.53. The van der Waals surface area contributed by atoms with Gasteiger partial charge >= 0.3 is 0 Å². The lowest BCUT2D eigenvalue weighted by Crippen LogP contribution is -2.36. The lowest BCUT2D eigenvalue weighted by Gasteiger charge is -2.19.